The van der Waals surface area contributed by atoms with Gasteiger partial charge in [-0.15, -0.1) is 0 Å². The van der Waals surface area contributed by atoms with Crippen molar-refractivity contribution >= 4 is 23.1 Å². The highest BCUT2D eigenvalue weighted by Crippen LogP contribution is 2.36. The molecule has 0 saturated carbocycles. The first-order chi connectivity index (χ1) is 12.2. The molecule has 26 heavy (non-hydrogen) atoms. The van der Waals surface area contributed by atoms with Gasteiger partial charge >= 0.3 is 22.9 Å². The van der Waals surface area contributed by atoms with Crippen LogP contribution in [-0.2, 0) is 4.79 Å². The van der Waals surface area contributed by atoms with Gasteiger partial charge in [-0.2, -0.15) is 0 Å². The molecule has 13 heteroatoms. The van der Waals surface area contributed by atoms with E-state index in [-0.39, 0.29) is 10.4 Å². The van der Waals surface area contributed by atoms with E-state index in [1.165, 1.54) is 12.1 Å². The molecule has 0 amide bonds. The summed E-state index contributed by atoms with van der Waals surface area (Å²) in [5.41, 5.74) is -6.06. The van der Waals surface area contributed by atoms with E-state index >= 15 is 0 Å². The quantitative estimate of drug-likeness (QED) is 0.499. The topological polar surface area (TPSA) is 190 Å². The molecule has 0 heterocycles. The Morgan fingerprint density at radius 2 is 1.31 bits per heavy atom. The molecule has 0 saturated heterocycles. The second kappa shape index (κ2) is 5.37. The van der Waals surface area contributed by atoms with Gasteiger partial charge in [-0.1, -0.05) is 12.1 Å². The molecule has 0 unspecified atom stereocenters. The fourth-order valence-electron chi connectivity index (χ4n) is 2.89. The third-order valence-electron chi connectivity index (χ3n) is 3.78. The molecule has 0 aliphatic heterocycles. The average Bonchev–Trinajstić information content (AvgIpc) is 2.90. The Bertz CT molecular complexity index is 1160. The molecular weight excluding hydrogens is 356 g/mol. The van der Waals surface area contributed by atoms with Crippen LogP contribution in [0.3, 0.4) is 0 Å². The number of ketones is 1. The number of nitro groups is 4. The SMILES string of the molecule is O=C1C([N+](=O)[O-])=C2C=c3cccc([N+](=O)[O-])c3=C2C([N+](=O)[O-])=C1[N+](=O)[O-]. The van der Waals surface area contributed by atoms with Gasteiger partial charge in [0.15, 0.2) is 0 Å². The van der Waals surface area contributed by atoms with Crippen LogP contribution < -0.4 is 10.4 Å². The van der Waals surface area contributed by atoms with Crippen molar-refractivity contribution in [1.29, 1.82) is 0 Å². The lowest BCUT2D eigenvalue weighted by Gasteiger charge is -2.09. The fourth-order valence-corrected chi connectivity index (χ4v) is 2.89. The molecular formula is C13H4N4O9. The minimum atomic E-state index is -1.74. The molecule has 0 atom stereocenters. The lowest BCUT2D eigenvalue weighted by atomic mass is 9.92. The Hall–Kier alpha value is -4.29. The van der Waals surface area contributed by atoms with E-state index in [2.05, 4.69) is 0 Å². The number of fused-ring (bicyclic) bond motifs is 2. The van der Waals surface area contributed by atoms with E-state index in [1.54, 1.807) is 0 Å². The monoisotopic (exact) mass is 360 g/mol. The van der Waals surface area contributed by atoms with Gasteiger partial charge in [0.1, 0.15) is 0 Å². The van der Waals surface area contributed by atoms with Gasteiger partial charge < -0.3 is 0 Å². The van der Waals surface area contributed by atoms with E-state index in [9.17, 15) is 45.3 Å². The molecule has 0 aromatic heterocycles. The van der Waals surface area contributed by atoms with Gasteiger partial charge in [0.05, 0.1) is 36.1 Å². The lowest BCUT2D eigenvalue weighted by molar-refractivity contribution is -0.466. The van der Waals surface area contributed by atoms with Crippen LogP contribution in [0.1, 0.15) is 0 Å². The number of carbonyl (C=O) groups excluding carboxylic acids is 1. The van der Waals surface area contributed by atoms with Crippen LogP contribution in [0.25, 0.3) is 11.6 Å². The van der Waals surface area contributed by atoms with Crippen LogP contribution in [0.15, 0.2) is 40.9 Å². The molecule has 130 valence electrons. The van der Waals surface area contributed by atoms with Crippen LogP contribution in [0.2, 0.25) is 0 Å². The zero-order valence-corrected chi connectivity index (χ0v) is 12.3. The van der Waals surface area contributed by atoms with E-state index < -0.39 is 59.4 Å². The first kappa shape index (κ1) is 16.6. The third kappa shape index (κ3) is 2.07. The summed E-state index contributed by atoms with van der Waals surface area (Å²) in [5.74, 6) is -1.74. The molecule has 1 aromatic rings. The summed E-state index contributed by atoms with van der Waals surface area (Å²) in [6.45, 7) is 0. The van der Waals surface area contributed by atoms with Crippen molar-refractivity contribution in [3.8, 4) is 0 Å². The maximum atomic E-state index is 12.2. The van der Waals surface area contributed by atoms with Crippen molar-refractivity contribution in [3.63, 3.8) is 0 Å². The van der Waals surface area contributed by atoms with Crippen LogP contribution in [0.5, 0.6) is 0 Å². The molecule has 3 rings (SSSR count). The number of benzene rings is 1. The van der Waals surface area contributed by atoms with Crippen LogP contribution >= 0.6 is 0 Å². The molecule has 1 aromatic carbocycles. The van der Waals surface area contributed by atoms with Crippen molar-refractivity contribution in [2.75, 3.05) is 0 Å². The molecule has 13 nitrogen and oxygen atoms in total. The summed E-state index contributed by atoms with van der Waals surface area (Å²) >= 11 is 0. The number of allylic oxidation sites excluding steroid dienone is 1. The number of Topliss-reactive ketones (excluding diaryl/α,β-unsaturated/α-hetero) is 1. The second-order valence-corrected chi connectivity index (χ2v) is 5.08. The predicted molar refractivity (Wildman–Crippen MR) is 80.3 cm³/mol. The summed E-state index contributed by atoms with van der Waals surface area (Å²) in [6, 6.07) is 3.52. The van der Waals surface area contributed by atoms with Crippen molar-refractivity contribution in [1.82, 2.24) is 0 Å². The van der Waals surface area contributed by atoms with Gasteiger partial charge in [0.25, 0.3) is 5.69 Å². The number of non-ortho nitro benzene ring substituents is 1. The first-order valence-electron chi connectivity index (χ1n) is 6.63. The average molecular weight is 360 g/mol. The largest absolute Gasteiger partial charge is 0.400 e. The Kier molecular flexibility index (Phi) is 3.42. The highest BCUT2D eigenvalue weighted by molar-refractivity contribution is 6.15. The molecule has 2 aliphatic carbocycles. The summed E-state index contributed by atoms with van der Waals surface area (Å²) < 4.78 is 0. The van der Waals surface area contributed by atoms with Crippen molar-refractivity contribution in [2.45, 2.75) is 0 Å². The summed E-state index contributed by atoms with van der Waals surface area (Å²) in [4.78, 5) is 52.6. The first-order valence-corrected chi connectivity index (χ1v) is 6.63. The number of hydrogen-bond acceptors (Lipinski definition) is 9. The van der Waals surface area contributed by atoms with Crippen molar-refractivity contribution in [3.05, 3.63) is 91.8 Å². The van der Waals surface area contributed by atoms with Crippen LogP contribution in [0.4, 0.5) is 5.69 Å². The lowest BCUT2D eigenvalue weighted by Crippen LogP contribution is -2.32. The predicted octanol–water partition coefficient (Wildman–Crippen LogP) is -0.582. The van der Waals surface area contributed by atoms with E-state index in [4.69, 9.17) is 0 Å². The summed E-state index contributed by atoms with van der Waals surface area (Å²) in [6.07, 6.45) is 0.994. The maximum Gasteiger partial charge on any atom is 0.400 e. The van der Waals surface area contributed by atoms with Gasteiger partial charge in [0, 0.05) is 6.07 Å². The van der Waals surface area contributed by atoms with Gasteiger partial charge in [-0.05, 0) is 11.3 Å². The smallest absolute Gasteiger partial charge is 0.274 e. The van der Waals surface area contributed by atoms with Crippen molar-refractivity contribution < 1.29 is 24.5 Å². The molecule has 0 spiro atoms. The molecule has 0 bridgehead atoms. The standard InChI is InChI=1S/C13H4N4O9/c18-13-10(15(21)22)6-4-5-2-1-3-7(14(19)20)8(5)9(6)11(16(23)24)12(13)17(25)26/h1-4H. The zero-order valence-electron chi connectivity index (χ0n) is 12.3. The zero-order chi connectivity index (χ0) is 19.3. The maximum absolute atomic E-state index is 12.2. The Balaban J connectivity index is 2.66. The molecule has 0 N–H and O–H groups in total. The molecule has 0 radical (unpaired) electrons. The Labute approximate surface area is 140 Å². The molecule has 2 aliphatic rings. The molecule has 0 fully saturated rings. The van der Waals surface area contributed by atoms with Crippen LogP contribution in [-0.4, -0.2) is 25.5 Å². The minimum Gasteiger partial charge on any atom is -0.274 e. The van der Waals surface area contributed by atoms with Crippen LogP contribution in [0, 0.1) is 40.5 Å². The third-order valence-corrected chi connectivity index (χ3v) is 3.78. The van der Waals surface area contributed by atoms with E-state index in [1.807, 2.05) is 0 Å². The summed E-state index contributed by atoms with van der Waals surface area (Å²) in [7, 11) is 0. The van der Waals surface area contributed by atoms with E-state index in [0.717, 1.165) is 12.1 Å². The number of carbonyl (C=O) groups is 1. The van der Waals surface area contributed by atoms with E-state index in [0.29, 0.717) is 0 Å². The number of nitro benzene ring substituents is 1. The highest BCUT2D eigenvalue weighted by atomic mass is 16.6. The van der Waals surface area contributed by atoms with Gasteiger partial charge in [-0.3, -0.25) is 45.3 Å². The van der Waals surface area contributed by atoms with Gasteiger partial charge in [-0.25, -0.2) is 0 Å². The number of nitrogens with zero attached hydrogens (tertiary/aromatic N) is 4. The number of hydrogen-bond donors (Lipinski definition) is 0. The highest BCUT2D eigenvalue weighted by Gasteiger charge is 2.53. The summed E-state index contributed by atoms with van der Waals surface area (Å²) in [5, 5.41) is 44.7. The van der Waals surface area contributed by atoms with Gasteiger partial charge in [0.2, 0.25) is 0 Å². The van der Waals surface area contributed by atoms with Crippen molar-refractivity contribution in [2.24, 2.45) is 0 Å². The second-order valence-electron chi connectivity index (χ2n) is 5.08. The Morgan fingerprint density at radius 3 is 1.81 bits per heavy atom. The fraction of sp³-hybridized carbons (Fsp3) is 0. The normalized spacial score (nSPS) is 15.4. The number of rotatable bonds is 4. The Morgan fingerprint density at radius 1 is 0.731 bits per heavy atom. The minimum absolute atomic E-state index is 0.000276.